The number of nitrogens with one attached hydrogen (secondary N) is 1. The van der Waals surface area contributed by atoms with E-state index in [1.807, 2.05) is 0 Å². The van der Waals surface area contributed by atoms with Crippen LogP contribution in [-0.2, 0) is 0 Å². The Morgan fingerprint density at radius 3 is 2.87 bits per heavy atom. The summed E-state index contributed by atoms with van der Waals surface area (Å²) in [4.78, 5) is 11.7. The van der Waals surface area contributed by atoms with Gasteiger partial charge in [0.05, 0.1) is 11.8 Å². The molecule has 1 aliphatic rings. The first-order valence-corrected chi connectivity index (χ1v) is 5.97. The quantitative estimate of drug-likeness (QED) is 0.915. The Bertz CT molecular complexity index is 368. The van der Waals surface area contributed by atoms with E-state index >= 15 is 0 Å². The summed E-state index contributed by atoms with van der Waals surface area (Å²) in [5.41, 5.74) is 0.952. The molecular formula is C11H14BrNO2. The number of furan rings is 1. The highest BCUT2D eigenvalue weighted by atomic mass is 79.9. The zero-order valence-electron chi connectivity index (χ0n) is 8.68. The van der Waals surface area contributed by atoms with Gasteiger partial charge in [0.1, 0.15) is 0 Å². The van der Waals surface area contributed by atoms with Crippen LogP contribution in [0.5, 0.6) is 0 Å². The summed E-state index contributed by atoms with van der Waals surface area (Å²) in [5, 5.41) is 2.95. The number of rotatable bonds is 4. The van der Waals surface area contributed by atoms with Crippen molar-refractivity contribution in [3.05, 3.63) is 22.6 Å². The molecule has 0 aromatic carbocycles. The molecule has 0 bridgehead atoms. The van der Waals surface area contributed by atoms with Gasteiger partial charge in [-0.25, -0.2) is 0 Å². The highest BCUT2D eigenvalue weighted by Crippen LogP contribution is 2.47. The third-order valence-corrected chi connectivity index (χ3v) is 3.81. The molecule has 82 valence electrons. The molecule has 0 radical (unpaired) electrons. The van der Waals surface area contributed by atoms with Gasteiger partial charge in [0.15, 0.2) is 4.67 Å². The van der Waals surface area contributed by atoms with Crippen molar-refractivity contribution in [1.29, 1.82) is 0 Å². The average molecular weight is 272 g/mol. The maximum atomic E-state index is 11.7. The van der Waals surface area contributed by atoms with Crippen LogP contribution in [0.1, 0.15) is 36.5 Å². The summed E-state index contributed by atoms with van der Waals surface area (Å²) in [6.07, 6.45) is 5.11. The minimum Gasteiger partial charge on any atom is -0.457 e. The second-order valence-corrected chi connectivity index (χ2v) is 4.86. The number of carbonyl (C=O) groups excluding carboxylic acids is 1. The number of hydrogen-bond donors (Lipinski definition) is 1. The second-order valence-electron chi connectivity index (χ2n) is 4.14. The fourth-order valence-electron chi connectivity index (χ4n) is 1.65. The minimum atomic E-state index is -0.0599. The molecule has 1 aromatic rings. The van der Waals surface area contributed by atoms with E-state index in [0.717, 1.165) is 13.0 Å². The predicted molar refractivity (Wildman–Crippen MR) is 60.7 cm³/mol. The monoisotopic (exact) mass is 271 g/mol. The van der Waals surface area contributed by atoms with Gasteiger partial charge in [-0.3, -0.25) is 4.79 Å². The first-order chi connectivity index (χ1) is 7.17. The van der Waals surface area contributed by atoms with Gasteiger partial charge in [-0.05, 0) is 46.7 Å². The molecule has 1 N–H and O–H groups in total. The Balaban J connectivity index is 1.91. The van der Waals surface area contributed by atoms with E-state index in [9.17, 15) is 4.79 Å². The minimum absolute atomic E-state index is 0.0599. The molecule has 1 saturated carbocycles. The van der Waals surface area contributed by atoms with Gasteiger partial charge in [-0.15, -0.1) is 0 Å². The Morgan fingerprint density at radius 2 is 2.40 bits per heavy atom. The molecule has 1 heterocycles. The van der Waals surface area contributed by atoms with Crippen LogP contribution in [0.25, 0.3) is 0 Å². The Labute approximate surface area is 97.4 Å². The predicted octanol–water partition coefficient (Wildman–Crippen LogP) is 2.96. The van der Waals surface area contributed by atoms with E-state index in [0.29, 0.717) is 15.6 Å². The second kappa shape index (κ2) is 4.00. The molecule has 4 heteroatoms. The van der Waals surface area contributed by atoms with E-state index in [4.69, 9.17) is 4.42 Å². The molecule has 0 saturated heterocycles. The van der Waals surface area contributed by atoms with Crippen LogP contribution in [0, 0.1) is 5.41 Å². The lowest BCUT2D eigenvalue weighted by atomic mass is 10.0. The van der Waals surface area contributed by atoms with Gasteiger partial charge < -0.3 is 9.73 Å². The van der Waals surface area contributed by atoms with Crippen LogP contribution >= 0.6 is 15.9 Å². The van der Waals surface area contributed by atoms with Crippen LogP contribution in [0.15, 0.2) is 21.4 Å². The number of carbonyl (C=O) groups is 1. The van der Waals surface area contributed by atoms with Crippen LogP contribution in [-0.4, -0.2) is 12.5 Å². The lowest BCUT2D eigenvalue weighted by Crippen LogP contribution is -2.29. The molecule has 1 aliphatic carbocycles. The normalized spacial score (nSPS) is 17.5. The summed E-state index contributed by atoms with van der Waals surface area (Å²) in [6.45, 7) is 2.95. The summed E-state index contributed by atoms with van der Waals surface area (Å²) in [6, 6.07) is 1.67. The molecule has 0 unspecified atom stereocenters. The van der Waals surface area contributed by atoms with Gasteiger partial charge >= 0.3 is 0 Å². The van der Waals surface area contributed by atoms with Crippen molar-refractivity contribution in [3.8, 4) is 0 Å². The van der Waals surface area contributed by atoms with Gasteiger partial charge in [0, 0.05) is 6.54 Å². The largest absolute Gasteiger partial charge is 0.457 e. The number of hydrogen-bond acceptors (Lipinski definition) is 2. The van der Waals surface area contributed by atoms with Crippen molar-refractivity contribution in [2.24, 2.45) is 5.41 Å². The molecule has 1 fully saturated rings. The van der Waals surface area contributed by atoms with Crippen LogP contribution in [0.4, 0.5) is 0 Å². The smallest absolute Gasteiger partial charge is 0.255 e. The molecule has 2 rings (SSSR count). The summed E-state index contributed by atoms with van der Waals surface area (Å²) in [7, 11) is 0. The van der Waals surface area contributed by atoms with Crippen LogP contribution < -0.4 is 5.32 Å². The summed E-state index contributed by atoms with van der Waals surface area (Å²) < 4.78 is 5.52. The molecule has 0 aliphatic heterocycles. The van der Waals surface area contributed by atoms with Gasteiger partial charge in [0.25, 0.3) is 5.91 Å². The van der Waals surface area contributed by atoms with Crippen LogP contribution in [0.3, 0.4) is 0 Å². The van der Waals surface area contributed by atoms with Gasteiger partial charge in [-0.2, -0.15) is 0 Å². The zero-order chi connectivity index (χ0) is 10.9. The van der Waals surface area contributed by atoms with E-state index in [2.05, 4.69) is 28.2 Å². The molecular weight excluding hydrogens is 258 g/mol. The molecule has 1 amide bonds. The Kier molecular flexibility index (Phi) is 2.87. The molecule has 0 atom stereocenters. The van der Waals surface area contributed by atoms with Crippen molar-refractivity contribution < 1.29 is 9.21 Å². The Hall–Kier alpha value is -0.770. The van der Waals surface area contributed by atoms with Crippen LogP contribution in [0.2, 0.25) is 0 Å². The number of amides is 1. The lowest BCUT2D eigenvalue weighted by Gasteiger charge is -2.12. The number of halogens is 1. The van der Waals surface area contributed by atoms with E-state index in [-0.39, 0.29) is 5.91 Å². The fourth-order valence-corrected chi connectivity index (χ4v) is 2.07. The van der Waals surface area contributed by atoms with Crippen molar-refractivity contribution in [3.63, 3.8) is 0 Å². The first kappa shape index (κ1) is 10.7. The summed E-state index contributed by atoms with van der Waals surface area (Å²) in [5.74, 6) is -0.0599. The topological polar surface area (TPSA) is 42.2 Å². The molecule has 0 spiro atoms. The van der Waals surface area contributed by atoms with Gasteiger partial charge in [-0.1, -0.05) is 6.92 Å². The van der Waals surface area contributed by atoms with E-state index in [1.165, 1.54) is 19.1 Å². The van der Waals surface area contributed by atoms with E-state index < -0.39 is 0 Å². The SMILES string of the molecule is CCC1(CNC(=O)c2ccoc2Br)CC1. The molecule has 15 heavy (non-hydrogen) atoms. The van der Waals surface area contributed by atoms with Crippen molar-refractivity contribution >= 4 is 21.8 Å². The van der Waals surface area contributed by atoms with Crippen molar-refractivity contribution in [1.82, 2.24) is 5.32 Å². The molecule has 1 aromatic heterocycles. The third kappa shape index (κ3) is 2.25. The fraction of sp³-hybridized carbons (Fsp3) is 0.545. The highest BCUT2D eigenvalue weighted by Gasteiger charge is 2.40. The molecule has 3 nitrogen and oxygen atoms in total. The average Bonchev–Trinajstić information content (AvgIpc) is 2.91. The maximum absolute atomic E-state index is 11.7. The first-order valence-electron chi connectivity index (χ1n) is 5.18. The van der Waals surface area contributed by atoms with E-state index in [1.54, 1.807) is 6.07 Å². The highest BCUT2D eigenvalue weighted by molar-refractivity contribution is 9.10. The zero-order valence-corrected chi connectivity index (χ0v) is 10.3. The van der Waals surface area contributed by atoms with Crippen molar-refractivity contribution in [2.45, 2.75) is 26.2 Å². The summed E-state index contributed by atoms with van der Waals surface area (Å²) >= 11 is 3.19. The maximum Gasteiger partial charge on any atom is 0.255 e. The van der Waals surface area contributed by atoms with Crippen molar-refractivity contribution in [2.75, 3.05) is 6.54 Å². The third-order valence-electron chi connectivity index (χ3n) is 3.19. The lowest BCUT2D eigenvalue weighted by molar-refractivity contribution is 0.0942. The van der Waals surface area contributed by atoms with Gasteiger partial charge in [0.2, 0.25) is 0 Å². The standard InChI is InChI=1S/C11H14BrNO2/c1-2-11(4-5-11)7-13-10(14)8-3-6-15-9(8)12/h3,6H,2,4-5,7H2,1H3,(H,13,14). The Morgan fingerprint density at radius 1 is 1.67 bits per heavy atom.